The molecule has 144 valence electrons. The highest BCUT2D eigenvalue weighted by atomic mass is 19.1. The lowest BCUT2D eigenvalue weighted by atomic mass is 9.77. The van der Waals surface area contributed by atoms with Crippen LogP contribution in [0.3, 0.4) is 0 Å². The molecule has 7 heteroatoms. The molecule has 0 saturated heterocycles. The highest BCUT2D eigenvalue weighted by molar-refractivity contribution is 5.93. The fourth-order valence-electron chi connectivity index (χ4n) is 3.41. The summed E-state index contributed by atoms with van der Waals surface area (Å²) in [5.41, 5.74) is 2.08. The largest absolute Gasteiger partial charge is 0.445 e. The first-order chi connectivity index (χ1) is 12.9. The zero-order chi connectivity index (χ0) is 19.6. The van der Waals surface area contributed by atoms with Crippen LogP contribution in [0.15, 0.2) is 22.6 Å². The van der Waals surface area contributed by atoms with Crippen molar-refractivity contribution in [3.8, 4) is 0 Å². The van der Waals surface area contributed by atoms with E-state index in [4.69, 9.17) is 4.42 Å². The van der Waals surface area contributed by atoms with Gasteiger partial charge in [-0.25, -0.2) is 9.37 Å². The standard InChI is InChI=1S/C20H24FN3O3/c1-4-8-24(20(26)18-12(2)27-13(3)23-18)9-7-22-19(25)17-10-14-5-6-15(21)11-16(14)17/h5-6,11,17H,4,7-10H2,1-3H3,(H,22,25). The molecule has 6 nitrogen and oxygen atoms in total. The summed E-state index contributed by atoms with van der Waals surface area (Å²) in [7, 11) is 0. The van der Waals surface area contributed by atoms with Gasteiger partial charge < -0.3 is 14.6 Å². The molecule has 0 spiro atoms. The molecule has 3 rings (SSSR count). The SMILES string of the molecule is CCCN(CCNC(=O)C1Cc2ccc(F)cc21)C(=O)c1nc(C)oc1C. The van der Waals surface area contributed by atoms with E-state index >= 15 is 0 Å². The molecule has 0 aliphatic heterocycles. The first-order valence-electron chi connectivity index (χ1n) is 9.20. The summed E-state index contributed by atoms with van der Waals surface area (Å²) in [5.74, 6) is -0.0232. The van der Waals surface area contributed by atoms with Gasteiger partial charge in [-0.2, -0.15) is 0 Å². The van der Waals surface area contributed by atoms with Gasteiger partial charge in [0, 0.05) is 26.6 Å². The van der Waals surface area contributed by atoms with Crippen LogP contribution < -0.4 is 5.32 Å². The summed E-state index contributed by atoms with van der Waals surface area (Å²) in [5, 5.41) is 2.86. The molecule has 1 aromatic heterocycles. The summed E-state index contributed by atoms with van der Waals surface area (Å²) in [6, 6.07) is 4.55. The average molecular weight is 373 g/mol. The Kier molecular flexibility index (Phi) is 5.58. The predicted molar refractivity (Wildman–Crippen MR) is 98.0 cm³/mol. The van der Waals surface area contributed by atoms with Crippen molar-refractivity contribution in [3.05, 3.63) is 52.5 Å². The molecule has 1 aromatic carbocycles. The van der Waals surface area contributed by atoms with Crippen LogP contribution in [0.25, 0.3) is 0 Å². The lowest BCUT2D eigenvalue weighted by Crippen LogP contribution is -2.42. The Morgan fingerprint density at radius 1 is 1.33 bits per heavy atom. The van der Waals surface area contributed by atoms with Gasteiger partial charge in [-0.1, -0.05) is 13.0 Å². The van der Waals surface area contributed by atoms with E-state index in [1.807, 2.05) is 6.92 Å². The number of benzene rings is 1. The number of oxazole rings is 1. The quantitative estimate of drug-likeness (QED) is 0.810. The number of carbonyl (C=O) groups excluding carboxylic acids is 2. The van der Waals surface area contributed by atoms with Gasteiger partial charge in [0.05, 0.1) is 5.92 Å². The smallest absolute Gasteiger partial charge is 0.276 e. The molecular formula is C20H24FN3O3. The predicted octanol–water partition coefficient (Wildman–Crippen LogP) is 2.74. The van der Waals surface area contributed by atoms with E-state index < -0.39 is 0 Å². The van der Waals surface area contributed by atoms with Crippen molar-refractivity contribution in [2.24, 2.45) is 0 Å². The number of nitrogens with zero attached hydrogens (tertiary/aromatic N) is 2. The van der Waals surface area contributed by atoms with Gasteiger partial charge in [-0.3, -0.25) is 9.59 Å². The number of fused-ring (bicyclic) bond motifs is 1. The molecule has 1 aliphatic carbocycles. The molecule has 1 N–H and O–H groups in total. The Morgan fingerprint density at radius 2 is 2.11 bits per heavy atom. The Bertz CT molecular complexity index is 862. The minimum atomic E-state index is -0.329. The highest BCUT2D eigenvalue weighted by Crippen LogP contribution is 2.35. The van der Waals surface area contributed by atoms with Crippen LogP contribution in [0.2, 0.25) is 0 Å². The molecule has 0 radical (unpaired) electrons. The molecule has 1 atom stereocenters. The van der Waals surface area contributed by atoms with Gasteiger partial charge in [0.15, 0.2) is 11.6 Å². The van der Waals surface area contributed by atoms with E-state index in [1.165, 1.54) is 12.1 Å². The Hall–Kier alpha value is -2.70. The summed E-state index contributed by atoms with van der Waals surface area (Å²) >= 11 is 0. The number of rotatable bonds is 7. The molecule has 1 heterocycles. The van der Waals surface area contributed by atoms with Gasteiger partial charge in [0.25, 0.3) is 5.91 Å². The summed E-state index contributed by atoms with van der Waals surface area (Å²) in [6.07, 6.45) is 1.42. The number of hydrogen-bond donors (Lipinski definition) is 1. The van der Waals surface area contributed by atoms with Crippen molar-refractivity contribution in [1.29, 1.82) is 0 Å². The van der Waals surface area contributed by atoms with Crippen molar-refractivity contribution in [2.45, 2.75) is 39.5 Å². The molecule has 1 unspecified atom stereocenters. The molecule has 27 heavy (non-hydrogen) atoms. The number of nitrogens with one attached hydrogen (secondary N) is 1. The van der Waals surface area contributed by atoms with Crippen LogP contribution in [0.1, 0.15) is 52.5 Å². The van der Waals surface area contributed by atoms with E-state index in [0.29, 0.717) is 43.4 Å². The zero-order valence-corrected chi connectivity index (χ0v) is 15.8. The molecule has 2 amide bonds. The Balaban J connectivity index is 1.56. The van der Waals surface area contributed by atoms with Crippen LogP contribution in [0.5, 0.6) is 0 Å². The third kappa shape index (κ3) is 4.02. The average Bonchev–Trinajstić information content (AvgIpc) is 2.94. The number of halogens is 1. The molecule has 0 bridgehead atoms. The van der Waals surface area contributed by atoms with E-state index in [1.54, 1.807) is 24.8 Å². The first kappa shape index (κ1) is 19.1. The summed E-state index contributed by atoms with van der Waals surface area (Å²) in [6.45, 7) is 6.69. The molecule has 1 aliphatic rings. The van der Waals surface area contributed by atoms with Gasteiger partial charge in [-0.15, -0.1) is 0 Å². The second-order valence-corrected chi connectivity index (χ2v) is 6.82. The molecular weight excluding hydrogens is 349 g/mol. The Morgan fingerprint density at radius 3 is 2.78 bits per heavy atom. The molecule has 0 fully saturated rings. The van der Waals surface area contributed by atoms with Crippen molar-refractivity contribution in [2.75, 3.05) is 19.6 Å². The van der Waals surface area contributed by atoms with Crippen molar-refractivity contribution < 1.29 is 18.4 Å². The van der Waals surface area contributed by atoms with Crippen LogP contribution in [0, 0.1) is 19.7 Å². The van der Waals surface area contributed by atoms with E-state index in [2.05, 4.69) is 10.3 Å². The number of aromatic nitrogens is 1. The third-order valence-electron chi connectivity index (χ3n) is 4.79. The maximum atomic E-state index is 13.4. The first-order valence-corrected chi connectivity index (χ1v) is 9.20. The van der Waals surface area contributed by atoms with Crippen LogP contribution in [-0.2, 0) is 11.2 Å². The number of amides is 2. The van der Waals surface area contributed by atoms with Gasteiger partial charge in [0.1, 0.15) is 11.6 Å². The van der Waals surface area contributed by atoms with Crippen LogP contribution in [-0.4, -0.2) is 41.3 Å². The van der Waals surface area contributed by atoms with Crippen molar-refractivity contribution >= 4 is 11.8 Å². The van der Waals surface area contributed by atoms with Crippen LogP contribution >= 0.6 is 0 Å². The van der Waals surface area contributed by atoms with Gasteiger partial charge in [0.2, 0.25) is 5.91 Å². The minimum Gasteiger partial charge on any atom is -0.445 e. The number of hydrogen-bond acceptors (Lipinski definition) is 4. The monoisotopic (exact) mass is 373 g/mol. The highest BCUT2D eigenvalue weighted by Gasteiger charge is 2.32. The second-order valence-electron chi connectivity index (χ2n) is 6.82. The topological polar surface area (TPSA) is 75.4 Å². The number of aryl methyl sites for hydroxylation is 2. The van der Waals surface area contributed by atoms with Gasteiger partial charge >= 0.3 is 0 Å². The zero-order valence-electron chi connectivity index (χ0n) is 15.8. The van der Waals surface area contributed by atoms with Gasteiger partial charge in [-0.05, 0) is 43.0 Å². The fraction of sp³-hybridized carbons (Fsp3) is 0.450. The lowest BCUT2D eigenvalue weighted by Gasteiger charge is -2.29. The van der Waals surface area contributed by atoms with Crippen LogP contribution in [0.4, 0.5) is 4.39 Å². The summed E-state index contributed by atoms with van der Waals surface area (Å²) in [4.78, 5) is 30.9. The van der Waals surface area contributed by atoms with E-state index in [9.17, 15) is 14.0 Å². The maximum Gasteiger partial charge on any atom is 0.276 e. The normalized spacial score (nSPS) is 15.0. The third-order valence-corrected chi connectivity index (χ3v) is 4.79. The molecule has 0 saturated carbocycles. The van der Waals surface area contributed by atoms with Crippen molar-refractivity contribution in [1.82, 2.24) is 15.2 Å². The van der Waals surface area contributed by atoms with E-state index in [-0.39, 0.29) is 23.5 Å². The maximum absolute atomic E-state index is 13.4. The van der Waals surface area contributed by atoms with E-state index in [0.717, 1.165) is 17.5 Å². The number of carbonyl (C=O) groups is 2. The second kappa shape index (κ2) is 7.90. The Labute approximate surface area is 157 Å². The fourth-order valence-corrected chi connectivity index (χ4v) is 3.41. The minimum absolute atomic E-state index is 0.134. The summed E-state index contributed by atoms with van der Waals surface area (Å²) < 4.78 is 18.7. The van der Waals surface area contributed by atoms with Crippen molar-refractivity contribution in [3.63, 3.8) is 0 Å². The molecule has 2 aromatic rings. The lowest BCUT2D eigenvalue weighted by molar-refractivity contribution is -0.123.